The number of hydrogen-bond acceptors (Lipinski definition) is 4. The summed E-state index contributed by atoms with van der Waals surface area (Å²) in [4.78, 5) is 18.3. The molecule has 0 aromatic rings. The van der Waals surface area contributed by atoms with Crippen molar-refractivity contribution >= 4 is 22.8 Å². The molecule has 2 aliphatic rings. The largest absolute Gasteiger partial charge is 0.364 e. The second kappa shape index (κ2) is 6.45. The monoisotopic (exact) mass is 269 g/mol. The van der Waals surface area contributed by atoms with Crippen molar-refractivity contribution in [3.05, 3.63) is 0 Å². The van der Waals surface area contributed by atoms with E-state index in [4.69, 9.17) is 0 Å². The highest BCUT2D eigenvalue weighted by atomic mass is 32.2. The second-order valence-corrected chi connectivity index (χ2v) is 6.54. The molecule has 4 nitrogen and oxygen atoms in total. The Hall–Kier alpha value is -0.710. The fourth-order valence-corrected chi connectivity index (χ4v) is 3.28. The normalized spacial score (nSPS) is 23.6. The first-order valence-electron chi connectivity index (χ1n) is 6.89. The van der Waals surface area contributed by atoms with E-state index in [2.05, 4.69) is 24.2 Å². The summed E-state index contributed by atoms with van der Waals surface area (Å²) < 4.78 is 0. The summed E-state index contributed by atoms with van der Waals surface area (Å²) in [6.07, 6.45) is 2.92. The maximum Gasteiger partial charge on any atom is 0.224 e. The van der Waals surface area contributed by atoms with Gasteiger partial charge in [-0.3, -0.25) is 9.79 Å². The predicted molar refractivity (Wildman–Crippen MR) is 77.0 cm³/mol. The molecule has 1 saturated heterocycles. The summed E-state index contributed by atoms with van der Waals surface area (Å²) >= 11 is 1.82. The Bertz CT molecular complexity index is 324. The van der Waals surface area contributed by atoms with Crippen LogP contribution in [-0.4, -0.2) is 47.4 Å². The van der Waals surface area contributed by atoms with Gasteiger partial charge in [0.1, 0.15) is 0 Å². The zero-order valence-electron chi connectivity index (χ0n) is 11.3. The van der Waals surface area contributed by atoms with E-state index in [-0.39, 0.29) is 5.91 Å². The highest BCUT2D eigenvalue weighted by molar-refractivity contribution is 8.14. The first kappa shape index (κ1) is 13.7. The summed E-state index contributed by atoms with van der Waals surface area (Å²) in [6, 6.07) is 0. The van der Waals surface area contributed by atoms with Gasteiger partial charge >= 0.3 is 0 Å². The number of carbonyl (C=O) groups excluding carboxylic acids is 1. The predicted octanol–water partition coefficient (Wildman–Crippen LogP) is 1.72. The number of likely N-dealkylation sites (tertiary alicyclic amines) is 1. The number of amidine groups is 1. The summed E-state index contributed by atoms with van der Waals surface area (Å²) in [6.45, 7) is 7.98. The fourth-order valence-electron chi connectivity index (χ4n) is 2.24. The van der Waals surface area contributed by atoms with Gasteiger partial charge < -0.3 is 10.2 Å². The molecule has 1 amide bonds. The average Bonchev–Trinajstić information content (AvgIpc) is 3.00. The van der Waals surface area contributed by atoms with Crippen LogP contribution >= 0.6 is 11.8 Å². The quantitative estimate of drug-likeness (QED) is 0.845. The number of rotatable bonds is 4. The Labute approximate surface area is 114 Å². The van der Waals surface area contributed by atoms with E-state index in [1.54, 1.807) is 0 Å². The zero-order valence-corrected chi connectivity index (χ0v) is 12.1. The van der Waals surface area contributed by atoms with Gasteiger partial charge in [-0.2, -0.15) is 0 Å². The van der Waals surface area contributed by atoms with Gasteiger partial charge in [0.2, 0.25) is 5.91 Å². The van der Waals surface area contributed by atoms with Crippen molar-refractivity contribution in [1.29, 1.82) is 0 Å². The van der Waals surface area contributed by atoms with Gasteiger partial charge in [-0.15, -0.1) is 0 Å². The molecule has 2 rings (SSSR count). The van der Waals surface area contributed by atoms with Gasteiger partial charge in [0, 0.05) is 31.3 Å². The fraction of sp³-hybridized carbons (Fsp3) is 0.846. The van der Waals surface area contributed by atoms with E-state index in [9.17, 15) is 4.79 Å². The third-order valence-corrected chi connectivity index (χ3v) is 4.99. The number of nitrogens with one attached hydrogen (secondary N) is 1. The Balaban J connectivity index is 1.62. The van der Waals surface area contributed by atoms with E-state index >= 15 is 0 Å². The minimum absolute atomic E-state index is 0.281. The van der Waals surface area contributed by atoms with E-state index in [1.807, 2.05) is 16.7 Å². The molecule has 0 saturated carbocycles. The molecule has 0 spiro atoms. The van der Waals surface area contributed by atoms with Crippen LogP contribution in [0.4, 0.5) is 0 Å². The maximum absolute atomic E-state index is 11.8. The smallest absolute Gasteiger partial charge is 0.224 e. The molecule has 0 aromatic heterocycles. The molecule has 1 fully saturated rings. The van der Waals surface area contributed by atoms with Crippen molar-refractivity contribution in [3.8, 4) is 0 Å². The second-order valence-electron chi connectivity index (χ2n) is 5.31. The molecule has 1 atom stereocenters. The van der Waals surface area contributed by atoms with Crippen LogP contribution in [0.25, 0.3) is 0 Å². The van der Waals surface area contributed by atoms with Gasteiger partial charge in [0.15, 0.2) is 5.17 Å². The standard InChI is InChI=1S/C13H23N3OS/c1-10(2)11-9-15-13(18-11)14-6-5-12(17)16-7-3-4-8-16/h10-11H,3-9H2,1-2H3,(H,14,15). The summed E-state index contributed by atoms with van der Waals surface area (Å²) in [5, 5.41) is 4.90. The molecular formula is C13H23N3OS. The highest BCUT2D eigenvalue weighted by Crippen LogP contribution is 2.25. The lowest BCUT2D eigenvalue weighted by Crippen LogP contribution is -2.31. The van der Waals surface area contributed by atoms with Crippen LogP contribution in [0.1, 0.15) is 33.1 Å². The van der Waals surface area contributed by atoms with Crippen LogP contribution in [0.15, 0.2) is 4.99 Å². The summed E-state index contributed by atoms with van der Waals surface area (Å²) in [5.74, 6) is 0.938. The van der Waals surface area contributed by atoms with Crippen LogP contribution in [0.2, 0.25) is 0 Å². The van der Waals surface area contributed by atoms with Gasteiger partial charge in [-0.05, 0) is 18.8 Å². The van der Waals surface area contributed by atoms with E-state index in [0.29, 0.717) is 24.1 Å². The summed E-state index contributed by atoms with van der Waals surface area (Å²) in [5.41, 5.74) is 0. The molecule has 0 radical (unpaired) electrons. The van der Waals surface area contributed by atoms with Crippen molar-refractivity contribution in [2.45, 2.75) is 38.4 Å². The number of aliphatic imine (C=N–C) groups is 1. The molecule has 102 valence electrons. The molecule has 0 aliphatic carbocycles. The van der Waals surface area contributed by atoms with Crippen LogP contribution < -0.4 is 5.32 Å². The van der Waals surface area contributed by atoms with Gasteiger partial charge in [0.05, 0.1) is 6.54 Å². The van der Waals surface area contributed by atoms with Crippen molar-refractivity contribution < 1.29 is 4.79 Å². The number of amides is 1. The lowest BCUT2D eigenvalue weighted by Gasteiger charge is -2.15. The first-order chi connectivity index (χ1) is 8.66. The van der Waals surface area contributed by atoms with Crippen LogP contribution in [0.3, 0.4) is 0 Å². The molecule has 0 bridgehead atoms. The van der Waals surface area contributed by atoms with E-state index in [0.717, 1.165) is 37.6 Å². The van der Waals surface area contributed by atoms with Crippen LogP contribution in [0.5, 0.6) is 0 Å². The molecule has 5 heteroatoms. The van der Waals surface area contributed by atoms with Gasteiger partial charge in [-0.1, -0.05) is 25.6 Å². The minimum atomic E-state index is 0.281. The Morgan fingerprint density at radius 1 is 1.50 bits per heavy atom. The highest BCUT2D eigenvalue weighted by Gasteiger charge is 2.22. The van der Waals surface area contributed by atoms with Crippen LogP contribution in [-0.2, 0) is 4.79 Å². The first-order valence-corrected chi connectivity index (χ1v) is 7.77. The molecule has 1 N–H and O–H groups in total. The van der Waals surface area contributed by atoms with E-state index in [1.165, 1.54) is 0 Å². The molecule has 2 heterocycles. The Morgan fingerprint density at radius 2 is 2.22 bits per heavy atom. The number of hydrogen-bond donors (Lipinski definition) is 1. The molecular weight excluding hydrogens is 246 g/mol. The lowest BCUT2D eigenvalue weighted by atomic mass is 10.1. The molecule has 18 heavy (non-hydrogen) atoms. The number of thioether (sulfide) groups is 1. The van der Waals surface area contributed by atoms with Crippen molar-refractivity contribution in [3.63, 3.8) is 0 Å². The Kier molecular flexibility index (Phi) is 4.92. The van der Waals surface area contributed by atoms with Crippen LogP contribution in [0, 0.1) is 5.92 Å². The topological polar surface area (TPSA) is 44.7 Å². The Morgan fingerprint density at radius 3 is 2.83 bits per heavy atom. The summed E-state index contributed by atoms with van der Waals surface area (Å²) in [7, 11) is 0. The molecule has 2 aliphatic heterocycles. The third kappa shape index (κ3) is 3.64. The van der Waals surface area contributed by atoms with Crippen molar-refractivity contribution in [1.82, 2.24) is 10.2 Å². The minimum Gasteiger partial charge on any atom is -0.364 e. The maximum atomic E-state index is 11.8. The van der Waals surface area contributed by atoms with E-state index < -0.39 is 0 Å². The number of nitrogens with zero attached hydrogens (tertiary/aromatic N) is 2. The zero-order chi connectivity index (χ0) is 13.0. The van der Waals surface area contributed by atoms with Crippen molar-refractivity contribution in [2.75, 3.05) is 26.2 Å². The molecule has 1 unspecified atom stereocenters. The van der Waals surface area contributed by atoms with Gasteiger partial charge in [0.25, 0.3) is 0 Å². The third-order valence-electron chi connectivity index (χ3n) is 3.50. The average molecular weight is 269 g/mol. The SMILES string of the molecule is CC(C)C1CN=C(NCCC(=O)N2CCCC2)S1. The lowest BCUT2D eigenvalue weighted by molar-refractivity contribution is -0.129. The van der Waals surface area contributed by atoms with Gasteiger partial charge in [-0.25, -0.2) is 0 Å². The van der Waals surface area contributed by atoms with Crippen molar-refractivity contribution in [2.24, 2.45) is 10.9 Å². The number of carbonyl (C=O) groups is 1. The molecule has 0 aromatic carbocycles.